The fraction of sp³-hybridized carbons (Fsp3) is 0.316. The second kappa shape index (κ2) is 7.92. The van der Waals surface area contributed by atoms with E-state index in [1.807, 2.05) is 11.4 Å². The molecule has 0 bridgehead atoms. The molecule has 144 valence electrons. The smallest absolute Gasteiger partial charge is 0.238 e. The number of carbonyl (C=O) groups excluding carboxylic acids is 1. The average molecular weight is 409 g/mol. The topological polar surface area (TPSA) is 57.7 Å². The Morgan fingerprint density at radius 2 is 2.07 bits per heavy atom. The molecule has 0 saturated heterocycles. The lowest BCUT2D eigenvalue weighted by Crippen LogP contribution is -2.46. The van der Waals surface area contributed by atoms with Crippen molar-refractivity contribution in [3.63, 3.8) is 0 Å². The SMILES string of the molecule is C=CCN(CC(=O)N1CCc2sccc2[C@@H]1c1ccc(F)cc1)S(C)(=O)=O. The van der Waals surface area contributed by atoms with Crippen molar-refractivity contribution < 1.29 is 17.6 Å². The molecule has 0 radical (unpaired) electrons. The molecule has 1 aliphatic rings. The highest BCUT2D eigenvalue weighted by molar-refractivity contribution is 7.88. The van der Waals surface area contributed by atoms with Gasteiger partial charge in [-0.3, -0.25) is 4.79 Å². The standard InChI is InChI=1S/C19H21FN2O3S2/c1-3-10-21(27(2,24)25)13-18(23)22-11-8-17-16(9-12-26-17)19(22)14-4-6-15(20)7-5-14/h3-7,9,12,19H,1,8,10-11,13H2,2H3/t19-/m0/s1. The lowest BCUT2D eigenvalue weighted by atomic mass is 9.93. The van der Waals surface area contributed by atoms with Gasteiger partial charge in [-0.05, 0) is 41.1 Å². The minimum absolute atomic E-state index is 0.0727. The van der Waals surface area contributed by atoms with E-state index >= 15 is 0 Å². The third kappa shape index (κ3) is 4.28. The van der Waals surface area contributed by atoms with Gasteiger partial charge in [-0.25, -0.2) is 12.8 Å². The summed E-state index contributed by atoms with van der Waals surface area (Å²) in [4.78, 5) is 15.9. The molecule has 0 aliphatic carbocycles. The highest BCUT2D eigenvalue weighted by Crippen LogP contribution is 2.37. The van der Waals surface area contributed by atoms with E-state index < -0.39 is 10.0 Å². The molecule has 0 unspecified atom stereocenters. The van der Waals surface area contributed by atoms with Crippen LogP contribution < -0.4 is 0 Å². The van der Waals surface area contributed by atoms with Gasteiger partial charge in [-0.2, -0.15) is 4.31 Å². The Labute approximate surface area is 162 Å². The van der Waals surface area contributed by atoms with E-state index in [-0.39, 0.29) is 30.9 Å². The molecule has 1 aliphatic heterocycles. The van der Waals surface area contributed by atoms with Crippen molar-refractivity contribution >= 4 is 27.3 Å². The molecule has 1 atom stereocenters. The van der Waals surface area contributed by atoms with Gasteiger partial charge >= 0.3 is 0 Å². The van der Waals surface area contributed by atoms with Gasteiger partial charge in [0.15, 0.2) is 0 Å². The van der Waals surface area contributed by atoms with E-state index in [1.165, 1.54) is 23.1 Å². The van der Waals surface area contributed by atoms with E-state index in [0.717, 1.165) is 28.1 Å². The summed E-state index contributed by atoms with van der Waals surface area (Å²) in [5, 5.41) is 1.98. The maximum atomic E-state index is 13.4. The Balaban J connectivity index is 1.94. The van der Waals surface area contributed by atoms with Gasteiger partial charge in [0.2, 0.25) is 15.9 Å². The molecular weight excluding hydrogens is 387 g/mol. The molecular formula is C19H21FN2O3S2. The van der Waals surface area contributed by atoms with Crippen molar-refractivity contribution in [3.8, 4) is 0 Å². The molecule has 2 heterocycles. The molecule has 27 heavy (non-hydrogen) atoms. The molecule has 3 rings (SSSR count). The Bertz CT molecular complexity index is 938. The fourth-order valence-electron chi connectivity index (χ4n) is 3.29. The number of halogens is 1. The Hall–Kier alpha value is -2.03. The van der Waals surface area contributed by atoms with Crippen LogP contribution in [-0.4, -0.2) is 49.4 Å². The molecule has 2 aromatic rings. The number of fused-ring (bicyclic) bond motifs is 1. The third-order valence-corrected chi connectivity index (χ3v) is 6.80. The lowest BCUT2D eigenvalue weighted by molar-refractivity contribution is -0.133. The van der Waals surface area contributed by atoms with Crippen LogP contribution in [0.4, 0.5) is 4.39 Å². The van der Waals surface area contributed by atoms with Crippen LogP contribution in [0.2, 0.25) is 0 Å². The van der Waals surface area contributed by atoms with Crippen molar-refractivity contribution in [2.75, 3.05) is 25.9 Å². The van der Waals surface area contributed by atoms with Gasteiger partial charge in [0, 0.05) is 18.0 Å². The second-order valence-corrected chi connectivity index (χ2v) is 9.42. The number of amides is 1. The van der Waals surface area contributed by atoms with E-state index in [1.54, 1.807) is 28.4 Å². The Morgan fingerprint density at radius 1 is 1.37 bits per heavy atom. The van der Waals surface area contributed by atoms with Crippen LogP contribution in [0.5, 0.6) is 0 Å². The molecule has 8 heteroatoms. The maximum absolute atomic E-state index is 13.4. The zero-order valence-corrected chi connectivity index (χ0v) is 16.6. The number of thiophene rings is 1. The summed E-state index contributed by atoms with van der Waals surface area (Å²) in [6.45, 7) is 3.87. The van der Waals surface area contributed by atoms with Crippen molar-refractivity contribution in [1.82, 2.24) is 9.21 Å². The van der Waals surface area contributed by atoms with Gasteiger partial charge < -0.3 is 4.90 Å². The highest BCUT2D eigenvalue weighted by Gasteiger charge is 2.34. The normalized spacial score (nSPS) is 17.0. The Morgan fingerprint density at radius 3 is 2.70 bits per heavy atom. The van der Waals surface area contributed by atoms with Crippen LogP contribution in [0.3, 0.4) is 0 Å². The first-order chi connectivity index (χ1) is 12.8. The van der Waals surface area contributed by atoms with Crippen molar-refractivity contribution in [1.29, 1.82) is 0 Å². The Kier molecular flexibility index (Phi) is 5.78. The number of nitrogens with zero attached hydrogens (tertiary/aromatic N) is 2. The monoisotopic (exact) mass is 408 g/mol. The average Bonchev–Trinajstić information content (AvgIpc) is 3.09. The van der Waals surface area contributed by atoms with Crippen LogP contribution in [-0.2, 0) is 21.2 Å². The number of hydrogen-bond donors (Lipinski definition) is 0. The van der Waals surface area contributed by atoms with Crippen LogP contribution in [0.1, 0.15) is 22.0 Å². The van der Waals surface area contributed by atoms with E-state index in [2.05, 4.69) is 6.58 Å². The predicted octanol–water partition coefficient (Wildman–Crippen LogP) is 2.81. The van der Waals surface area contributed by atoms with Crippen molar-refractivity contribution in [3.05, 3.63) is 70.2 Å². The van der Waals surface area contributed by atoms with Crippen molar-refractivity contribution in [2.45, 2.75) is 12.5 Å². The summed E-state index contributed by atoms with van der Waals surface area (Å²) in [5.41, 5.74) is 1.82. The van der Waals surface area contributed by atoms with E-state index in [4.69, 9.17) is 0 Å². The first-order valence-electron chi connectivity index (χ1n) is 8.48. The number of carbonyl (C=O) groups is 1. The third-order valence-electron chi connectivity index (χ3n) is 4.59. The maximum Gasteiger partial charge on any atom is 0.238 e. The first kappa shape index (κ1) is 19.7. The number of rotatable bonds is 6. The molecule has 5 nitrogen and oxygen atoms in total. The number of sulfonamides is 1. The quantitative estimate of drug-likeness (QED) is 0.691. The van der Waals surface area contributed by atoms with Gasteiger partial charge in [-0.1, -0.05) is 18.2 Å². The van der Waals surface area contributed by atoms with Crippen LogP contribution in [0.15, 0.2) is 48.4 Å². The zero-order chi connectivity index (χ0) is 19.6. The van der Waals surface area contributed by atoms with E-state index in [9.17, 15) is 17.6 Å². The summed E-state index contributed by atoms with van der Waals surface area (Å²) in [7, 11) is -3.53. The molecule has 1 aromatic carbocycles. The molecule has 0 saturated carbocycles. The number of hydrogen-bond acceptors (Lipinski definition) is 4. The predicted molar refractivity (Wildman–Crippen MR) is 105 cm³/mol. The highest BCUT2D eigenvalue weighted by atomic mass is 32.2. The van der Waals surface area contributed by atoms with Crippen molar-refractivity contribution in [2.24, 2.45) is 0 Å². The summed E-state index contributed by atoms with van der Waals surface area (Å²) in [6, 6.07) is 7.72. The second-order valence-electron chi connectivity index (χ2n) is 6.43. The van der Waals surface area contributed by atoms with Gasteiger partial charge in [0.25, 0.3) is 0 Å². The van der Waals surface area contributed by atoms with Crippen LogP contribution >= 0.6 is 11.3 Å². The first-order valence-corrected chi connectivity index (χ1v) is 11.2. The number of benzene rings is 1. The summed E-state index contributed by atoms with van der Waals surface area (Å²) in [6.07, 6.45) is 3.25. The van der Waals surface area contributed by atoms with E-state index in [0.29, 0.717) is 6.54 Å². The lowest BCUT2D eigenvalue weighted by Gasteiger charge is -2.37. The zero-order valence-electron chi connectivity index (χ0n) is 15.0. The van der Waals surface area contributed by atoms with Gasteiger partial charge in [0.05, 0.1) is 18.8 Å². The fourth-order valence-corrected chi connectivity index (χ4v) is 4.92. The summed E-state index contributed by atoms with van der Waals surface area (Å²) >= 11 is 1.64. The largest absolute Gasteiger partial charge is 0.330 e. The van der Waals surface area contributed by atoms with Crippen LogP contribution in [0.25, 0.3) is 0 Å². The molecule has 0 spiro atoms. The molecule has 1 amide bonds. The summed E-state index contributed by atoms with van der Waals surface area (Å²) in [5.74, 6) is -0.624. The summed E-state index contributed by atoms with van der Waals surface area (Å²) < 4.78 is 38.4. The molecule has 0 N–H and O–H groups in total. The van der Waals surface area contributed by atoms with Gasteiger partial charge in [-0.15, -0.1) is 17.9 Å². The van der Waals surface area contributed by atoms with Gasteiger partial charge in [0.1, 0.15) is 5.82 Å². The minimum Gasteiger partial charge on any atom is -0.330 e. The minimum atomic E-state index is -3.53. The van der Waals surface area contributed by atoms with Crippen LogP contribution in [0, 0.1) is 5.82 Å². The molecule has 0 fully saturated rings. The molecule has 1 aromatic heterocycles.